The summed E-state index contributed by atoms with van der Waals surface area (Å²) < 4.78 is 6.54. The summed E-state index contributed by atoms with van der Waals surface area (Å²) in [5.41, 5.74) is 1.32. The number of halogens is 1. The number of benzene rings is 1. The maximum atomic E-state index is 5.41. The van der Waals surface area contributed by atoms with Gasteiger partial charge >= 0.3 is 0 Å². The molecule has 124 valence electrons. The summed E-state index contributed by atoms with van der Waals surface area (Å²) in [7, 11) is 0. The topological polar surface area (TPSA) is 51.0 Å². The molecule has 4 nitrogen and oxygen atoms in total. The first kappa shape index (κ1) is 16.7. The molecular weight excluding hydrogens is 354 g/mol. The molecule has 1 saturated carbocycles. The predicted octanol–water partition coefficient (Wildman–Crippen LogP) is 4.77. The third kappa shape index (κ3) is 4.21. The van der Waals surface area contributed by atoms with Gasteiger partial charge in [-0.2, -0.15) is 4.98 Å². The Hall–Kier alpha value is -1.20. The van der Waals surface area contributed by atoms with Crippen molar-refractivity contribution in [3.8, 4) is 0 Å². The van der Waals surface area contributed by atoms with E-state index in [1.807, 2.05) is 0 Å². The van der Waals surface area contributed by atoms with Gasteiger partial charge in [0.2, 0.25) is 5.89 Å². The molecular formula is C18H24BrN3O. The summed E-state index contributed by atoms with van der Waals surface area (Å²) in [5.74, 6) is 2.09. The summed E-state index contributed by atoms with van der Waals surface area (Å²) in [6.07, 6.45) is 5.40. The van der Waals surface area contributed by atoms with Crippen LogP contribution in [0, 0.1) is 0 Å². The van der Waals surface area contributed by atoms with Crippen LogP contribution in [0.4, 0.5) is 0 Å². The van der Waals surface area contributed by atoms with Crippen molar-refractivity contribution in [2.45, 2.75) is 64.0 Å². The Balaban J connectivity index is 1.52. The Morgan fingerprint density at radius 2 is 2.09 bits per heavy atom. The highest BCUT2D eigenvalue weighted by atomic mass is 79.9. The highest BCUT2D eigenvalue weighted by Crippen LogP contribution is 2.33. The highest BCUT2D eigenvalue weighted by molar-refractivity contribution is 9.10. The number of hydrogen-bond donors (Lipinski definition) is 1. The molecule has 0 saturated heterocycles. The Kier molecular flexibility index (Phi) is 5.49. The van der Waals surface area contributed by atoms with Gasteiger partial charge in [-0.1, -0.05) is 40.1 Å². The molecule has 0 radical (unpaired) electrons. The number of aryl methyl sites for hydroxylation is 1. The number of nitrogens with one attached hydrogen (secondary N) is 1. The second-order valence-corrected chi connectivity index (χ2v) is 7.31. The molecule has 0 amide bonds. The molecule has 0 aliphatic heterocycles. The lowest BCUT2D eigenvalue weighted by molar-refractivity contribution is 0.273. The quantitative estimate of drug-likeness (QED) is 0.814. The molecule has 1 N–H and O–H groups in total. The first-order chi connectivity index (χ1) is 11.2. The SMILES string of the molecule is CCc1noc(C2CCC(N[C@@H](C)c3cccc(Br)c3)CC2)n1. The normalized spacial score (nSPS) is 22.9. The lowest BCUT2D eigenvalue weighted by Crippen LogP contribution is -2.34. The van der Waals surface area contributed by atoms with E-state index in [0.717, 1.165) is 48.3 Å². The molecule has 5 heteroatoms. The van der Waals surface area contributed by atoms with Gasteiger partial charge in [0.05, 0.1) is 0 Å². The van der Waals surface area contributed by atoms with Crippen LogP contribution < -0.4 is 5.32 Å². The molecule has 1 aliphatic rings. The van der Waals surface area contributed by atoms with Gasteiger partial charge < -0.3 is 9.84 Å². The fourth-order valence-corrected chi connectivity index (χ4v) is 3.73. The molecule has 23 heavy (non-hydrogen) atoms. The van der Waals surface area contributed by atoms with Crippen LogP contribution in [0.1, 0.15) is 68.8 Å². The molecule has 1 aliphatic carbocycles. The third-order valence-corrected chi connectivity index (χ3v) is 5.20. The Labute approximate surface area is 146 Å². The zero-order chi connectivity index (χ0) is 16.2. The van der Waals surface area contributed by atoms with Gasteiger partial charge in [0, 0.05) is 28.9 Å². The lowest BCUT2D eigenvalue weighted by Gasteiger charge is -2.30. The minimum Gasteiger partial charge on any atom is -0.339 e. The van der Waals surface area contributed by atoms with Crippen molar-refractivity contribution in [3.63, 3.8) is 0 Å². The Morgan fingerprint density at radius 1 is 1.30 bits per heavy atom. The van der Waals surface area contributed by atoms with Crippen LogP contribution in [0.3, 0.4) is 0 Å². The van der Waals surface area contributed by atoms with Crippen LogP contribution in [-0.4, -0.2) is 16.2 Å². The number of aromatic nitrogens is 2. The molecule has 0 unspecified atom stereocenters. The summed E-state index contributed by atoms with van der Waals surface area (Å²) in [4.78, 5) is 4.49. The Morgan fingerprint density at radius 3 is 2.74 bits per heavy atom. The van der Waals surface area contributed by atoms with Crippen LogP contribution in [0.25, 0.3) is 0 Å². The van der Waals surface area contributed by atoms with Gasteiger partial charge in [-0.3, -0.25) is 0 Å². The number of rotatable bonds is 5. The van der Waals surface area contributed by atoms with E-state index >= 15 is 0 Å². The van der Waals surface area contributed by atoms with Gasteiger partial charge in [-0.15, -0.1) is 0 Å². The van der Waals surface area contributed by atoms with Crippen molar-refractivity contribution in [1.82, 2.24) is 15.5 Å². The van der Waals surface area contributed by atoms with Crippen molar-refractivity contribution in [2.24, 2.45) is 0 Å². The maximum Gasteiger partial charge on any atom is 0.229 e. The average molecular weight is 378 g/mol. The molecule has 3 rings (SSSR count). The molecule has 2 aromatic rings. The van der Waals surface area contributed by atoms with E-state index in [9.17, 15) is 0 Å². The van der Waals surface area contributed by atoms with Gasteiger partial charge in [-0.25, -0.2) is 0 Å². The van der Waals surface area contributed by atoms with Crippen LogP contribution in [0.15, 0.2) is 33.3 Å². The van der Waals surface area contributed by atoms with Gasteiger partial charge in [0.1, 0.15) is 0 Å². The standard InChI is InChI=1S/C18H24BrN3O/c1-3-17-21-18(23-22-17)13-7-9-16(10-8-13)20-12(2)14-5-4-6-15(19)11-14/h4-6,11-13,16,20H,3,7-10H2,1-2H3/t12-,13?,16?/m0/s1. The summed E-state index contributed by atoms with van der Waals surface area (Å²) in [6.45, 7) is 4.29. The first-order valence-corrected chi connectivity index (χ1v) is 9.29. The van der Waals surface area contributed by atoms with E-state index < -0.39 is 0 Å². The minimum atomic E-state index is 0.365. The molecule has 1 heterocycles. The van der Waals surface area contributed by atoms with Crippen molar-refractivity contribution >= 4 is 15.9 Å². The maximum absolute atomic E-state index is 5.41. The van der Waals surface area contributed by atoms with Crippen molar-refractivity contribution in [2.75, 3.05) is 0 Å². The fraction of sp³-hybridized carbons (Fsp3) is 0.556. The summed E-state index contributed by atoms with van der Waals surface area (Å²) >= 11 is 3.55. The van der Waals surface area contributed by atoms with Crippen LogP contribution >= 0.6 is 15.9 Å². The number of nitrogens with zero attached hydrogens (tertiary/aromatic N) is 2. The van der Waals surface area contributed by atoms with Crippen molar-refractivity contribution in [3.05, 3.63) is 46.0 Å². The predicted molar refractivity (Wildman–Crippen MR) is 94.4 cm³/mol. The van der Waals surface area contributed by atoms with E-state index in [-0.39, 0.29) is 0 Å². The lowest BCUT2D eigenvalue weighted by atomic mass is 9.85. The van der Waals surface area contributed by atoms with E-state index in [4.69, 9.17) is 4.52 Å². The molecule has 1 aromatic heterocycles. The smallest absolute Gasteiger partial charge is 0.229 e. The van der Waals surface area contributed by atoms with E-state index in [1.54, 1.807) is 0 Å². The van der Waals surface area contributed by atoms with Crippen LogP contribution in [-0.2, 0) is 6.42 Å². The molecule has 0 bridgehead atoms. The van der Waals surface area contributed by atoms with Gasteiger partial charge in [-0.05, 0) is 50.3 Å². The van der Waals surface area contributed by atoms with E-state index in [2.05, 4.69) is 69.5 Å². The van der Waals surface area contributed by atoms with E-state index in [1.165, 1.54) is 5.56 Å². The second kappa shape index (κ2) is 7.58. The fourth-order valence-electron chi connectivity index (χ4n) is 3.31. The van der Waals surface area contributed by atoms with Crippen molar-refractivity contribution < 1.29 is 4.52 Å². The van der Waals surface area contributed by atoms with E-state index in [0.29, 0.717) is 18.0 Å². The third-order valence-electron chi connectivity index (χ3n) is 4.71. The van der Waals surface area contributed by atoms with Gasteiger partial charge in [0.25, 0.3) is 0 Å². The van der Waals surface area contributed by atoms with Crippen LogP contribution in [0.5, 0.6) is 0 Å². The Bertz CT molecular complexity index is 635. The zero-order valence-corrected chi connectivity index (χ0v) is 15.3. The highest BCUT2D eigenvalue weighted by Gasteiger charge is 2.27. The monoisotopic (exact) mass is 377 g/mol. The van der Waals surface area contributed by atoms with Crippen molar-refractivity contribution in [1.29, 1.82) is 0 Å². The molecule has 0 spiro atoms. The minimum absolute atomic E-state index is 0.365. The van der Waals surface area contributed by atoms with Crippen LogP contribution in [0.2, 0.25) is 0 Å². The first-order valence-electron chi connectivity index (χ1n) is 8.49. The summed E-state index contributed by atoms with van der Waals surface area (Å²) in [5, 5.41) is 7.78. The largest absolute Gasteiger partial charge is 0.339 e. The summed E-state index contributed by atoms with van der Waals surface area (Å²) in [6, 6.07) is 9.45. The van der Waals surface area contributed by atoms with Gasteiger partial charge in [0.15, 0.2) is 5.82 Å². The number of hydrogen-bond acceptors (Lipinski definition) is 4. The zero-order valence-electron chi connectivity index (χ0n) is 13.8. The average Bonchev–Trinajstić information content (AvgIpc) is 3.04. The molecule has 1 atom stereocenters. The second-order valence-electron chi connectivity index (χ2n) is 6.39. The molecule has 1 aromatic carbocycles. The molecule has 1 fully saturated rings.